The second-order valence-corrected chi connectivity index (χ2v) is 6.59. The molecule has 1 saturated heterocycles. The minimum Gasteiger partial charge on any atom is -0.480 e. The minimum absolute atomic E-state index is 0.350. The second kappa shape index (κ2) is 5.66. The highest BCUT2D eigenvalue weighted by Crippen LogP contribution is 2.22. The highest BCUT2D eigenvalue weighted by atomic mass is 32.2. The fourth-order valence-corrected chi connectivity index (χ4v) is 4.02. The molecule has 1 fully saturated rings. The lowest BCUT2D eigenvalue weighted by molar-refractivity contribution is -0.140. The number of carboxylic acids is 1. The lowest BCUT2D eigenvalue weighted by Gasteiger charge is -2.18. The topological polar surface area (TPSA) is 110 Å². The van der Waals surface area contributed by atoms with Crippen LogP contribution in [0.15, 0.2) is 0 Å². The molecular weight excluding hydrogens is 262 g/mol. The second-order valence-electron chi connectivity index (χ2n) is 4.32. The molecule has 0 radical (unpaired) electrons. The summed E-state index contributed by atoms with van der Waals surface area (Å²) >= 11 is 0. The van der Waals surface area contributed by atoms with Crippen LogP contribution < -0.4 is 5.32 Å². The van der Waals surface area contributed by atoms with Crippen molar-refractivity contribution in [1.29, 1.82) is 0 Å². The number of nitrogens with one attached hydrogen (secondary N) is 1. The predicted octanol–water partition coefficient (Wildman–Crippen LogP) is -0.832. The van der Waals surface area contributed by atoms with Gasteiger partial charge in [0.2, 0.25) is 5.91 Å². The number of ether oxygens (including phenoxy) is 1. The number of carboxylic acid groups (broad SMARTS) is 1. The maximum Gasteiger partial charge on any atom is 0.327 e. The van der Waals surface area contributed by atoms with E-state index in [-0.39, 0.29) is 0 Å². The van der Waals surface area contributed by atoms with E-state index in [4.69, 9.17) is 9.84 Å². The Kier molecular flexibility index (Phi) is 4.69. The average Bonchev–Trinajstić information content (AvgIpc) is 2.62. The molecule has 1 aliphatic heterocycles. The molecule has 1 rings (SSSR count). The van der Waals surface area contributed by atoms with Crippen molar-refractivity contribution < 1.29 is 27.9 Å². The zero-order valence-corrected chi connectivity index (χ0v) is 11.1. The van der Waals surface area contributed by atoms with Crippen molar-refractivity contribution in [2.45, 2.75) is 37.7 Å². The number of hydrogen-bond acceptors (Lipinski definition) is 5. The summed E-state index contributed by atoms with van der Waals surface area (Å²) in [6, 6.07) is -1.42. The Hall–Kier alpha value is -1.15. The van der Waals surface area contributed by atoms with Crippen LogP contribution in [0.4, 0.5) is 0 Å². The number of hydrogen-bond donors (Lipinski definition) is 2. The Balaban J connectivity index is 2.79. The van der Waals surface area contributed by atoms with Gasteiger partial charge in [-0.05, 0) is 13.3 Å². The van der Waals surface area contributed by atoms with Crippen molar-refractivity contribution >= 4 is 21.7 Å². The number of sulfone groups is 1. The van der Waals surface area contributed by atoms with E-state index >= 15 is 0 Å². The molecule has 0 saturated carbocycles. The van der Waals surface area contributed by atoms with Crippen LogP contribution >= 0.6 is 0 Å². The lowest BCUT2D eigenvalue weighted by Crippen LogP contribution is -2.47. The highest BCUT2D eigenvalue weighted by molar-refractivity contribution is 7.92. The molecule has 3 unspecified atom stereocenters. The molecule has 0 aromatic carbocycles. The molecule has 7 nitrogen and oxygen atoms in total. The molecule has 1 heterocycles. The van der Waals surface area contributed by atoms with Crippen LogP contribution in [0.5, 0.6) is 0 Å². The third-order valence-electron chi connectivity index (χ3n) is 2.84. The van der Waals surface area contributed by atoms with Crippen LogP contribution in [-0.4, -0.2) is 55.2 Å². The molecular formula is C10H17NO6S. The van der Waals surface area contributed by atoms with Crippen molar-refractivity contribution in [2.75, 3.05) is 12.4 Å². The van der Waals surface area contributed by atoms with E-state index in [1.807, 2.05) is 0 Å². The van der Waals surface area contributed by atoms with Gasteiger partial charge in [-0.2, -0.15) is 0 Å². The van der Waals surface area contributed by atoms with Gasteiger partial charge in [-0.15, -0.1) is 0 Å². The van der Waals surface area contributed by atoms with Gasteiger partial charge in [-0.1, -0.05) is 0 Å². The monoisotopic (exact) mass is 279 g/mol. The summed E-state index contributed by atoms with van der Waals surface area (Å²) in [7, 11) is -3.62. The summed E-state index contributed by atoms with van der Waals surface area (Å²) < 4.78 is 29.3. The maximum absolute atomic E-state index is 12.0. The summed E-state index contributed by atoms with van der Waals surface area (Å²) in [6.07, 6.45) is -0.0857. The molecule has 0 aliphatic carbocycles. The van der Waals surface area contributed by atoms with Crippen LogP contribution in [-0.2, 0) is 24.2 Å². The number of rotatable bonds is 5. The standard InChI is InChI=1S/C10H17NO6S/c1-6-9(3-4-17-6)18(15,16)5-8(10(13)14)11-7(2)12/h6,8-9H,3-5H2,1-2H3,(H,11,12)(H,13,14). The van der Waals surface area contributed by atoms with Crippen LogP contribution in [0.2, 0.25) is 0 Å². The van der Waals surface area contributed by atoms with Crippen LogP contribution in [0.1, 0.15) is 20.3 Å². The first-order chi connectivity index (χ1) is 8.24. The fraction of sp³-hybridized carbons (Fsp3) is 0.800. The van der Waals surface area contributed by atoms with Crippen molar-refractivity contribution in [2.24, 2.45) is 0 Å². The van der Waals surface area contributed by atoms with Gasteiger partial charge in [0, 0.05) is 13.5 Å². The summed E-state index contributed by atoms with van der Waals surface area (Å²) in [6.45, 7) is 3.14. The van der Waals surface area contributed by atoms with Crippen molar-refractivity contribution in [3.05, 3.63) is 0 Å². The Bertz CT molecular complexity index is 432. The fourth-order valence-electron chi connectivity index (χ4n) is 1.96. The maximum atomic E-state index is 12.0. The summed E-state index contributed by atoms with van der Waals surface area (Å²) in [4.78, 5) is 21.7. The summed E-state index contributed by atoms with van der Waals surface area (Å²) in [5.74, 6) is -2.55. The van der Waals surface area contributed by atoms with E-state index in [1.165, 1.54) is 0 Å². The minimum atomic E-state index is -3.62. The molecule has 0 spiro atoms. The third kappa shape index (κ3) is 3.67. The smallest absolute Gasteiger partial charge is 0.327 e. The van der Waals surface area contributed by atoms with Crippen molar-refractivity contribution in [3.8, 4) is 0 Å². The van der Waals surface area contributed by atoms with Gasteiger partial charge in [0.1, 0.15) is 6.04 Å². The van der Waals surface area contributed by atoms with Gasteiger partial charge >= 0.3 is 5.97 Å². The molecule has 0 aromatic rings. The third-order valence-corrected chi connectivity index (χ3v) is 5.18. The number of carbonyl (C=O) groups excluding carboxylic acids is 1. The highest BCUT2D eigenvalue weighted by Gasteiger charge is 2.38. The van der Waals surface area contributed by atoms with Gasteiger partial charge in [-0.25, -0.2) is 13.2 Å². The Morgan fingerprint density at radius 1 is 1.50 bits per heavy atom. The first-order valence-electron chi connectivity index (χ1n) is 5.57. The molecule has 18 heavy (non-hydrogen) atoms. The lowest BCUT2D eigenvalue weighted by atomic mass is 10.3. The number of aliphatic carboxylic acids is 1. The largest absolute Gasteiger partial charge is 0.480 e. The van der Waals surface area contributed by atoms with Gasteiger partial charge < -0.3 is 15.2 Å². The van der Waals surface area contributed by atoms with Gasteiger partial charge in [0.15, 0.2) is 9.84 Å². The molecule has 3 atom stereocenters. The molecule has 2 N–H and O–H groups in total. The van der Waals surface area contributed by atoms with E-state index in [2.05, 4.69) is 5.32 Å². The van der Waals surface area contributed by atoms with Crippen LogP contribution in [0.3, 0.4) is 0 Å². The quantitative estimate of drug-likeness (QED) is 0.679. The van der Waals surface area contributed by atoms with E-state index < -0.39 is 44.9 Å². The Morgan fingerprint density at radius 2 is 2.11 bits per heavy atom. The van der Waals surface area contributed by atoms with E-state index in [0.717, 1.165) is 6.92 Å². The molecule has 104 valence electrons. The SMILES string of the molecule is CC(=O)NC(CS(=O)(=O)C1CCOC1C)C(=O)O. The van der Waals surface area contributed by atoms with Crippen molar-refractivity contribution in [1.82, 2.24) is 5.32 Å². The molecule has 0 bridgehead atoms. The molecule has 1 amide bonds. The molecule has 8 heteroatoms. The Labute approximate surface area is 105 Å². The van der Waals surface area contributed by atoms with Crippen LogP contribution in [0, 0.1) is 0 Å². The Morgan fingerprint density at radius 3 is 2.50 bits per heavy atom. The normalized spacial score (nSPS) is 25.7. The first-order valence-corrected chi connectivity index (χ1v) is 7.28. The number of amides is 1. The first kappa shape index (κ1) is 14.9. The van der Waals surface area contributed by atoms with Crippen molar-refractivity contribution in [3.63, 3.8) is 0 Å². The molecule has 1 aliphatic rings. The molecule has 0 aromatic heterocycles. The van der Waals surface area contributed by atoms with Gasteiger partial charge in [0.25, 0.3) is 0 Å². The van der Waals surface area contributed by atoms with Gasteiger partial charge in [-0.3, -0.25) is 4.79 Å². The average molecular weight is 279 g/mol. The van der Waals surface area contributed by atoms with E-state index in [1.54, 1.807) is 6.92 Å². The van der Waals surface area contributed by atoms with E-state index in [0.29, 0.717) is 13.0 Å². The summed E-state index contributed by atoms with van der Waals surface area (Å²) in [5.41, 5.74) is 0. The number of carbonyl (C=O) groups is 2. The predicted molar refractivity (Wildman–Crippen MR) is 62.8 cm³/mol. The van der Waals surface area contributed by atoms with Crippen LogP contribution in [0.25, 0.3) is 0 Å². The van der Waals surface area contributed by atoms with E-state index in [9.17, 15) is 18.0 Å². The van der Waals surface area contributed by atoms with Gasteiger partial charge in [0.05, 0.1) is 17.1 Å². The zero-order chi connectivity index (χ0) is 13.9. The zero-order valence-electron chi connectivity index (χ0n) is 10.3. The summed E-state index contributed by atoms with van der Waals surface area (Å²) in [5, 5.41) is 10.3.